The van der Waals surface area contributed by atoms with Gasteiger partial charge < -0.3 is 15.6 Å². The zero-order valence-electron chi connectivity index (χ0n) is 11.3. The lowest BCUT2D eigenvalue weighted by atomic mass is 10.2. The molecule has 0 unspecified atom stereocenters. The van der Waals surface area contributed by atoms with Gasteiger partial charge in [0.2, 0.25) is 5.91 Å². The summed E-state index contributed by atoms with van der Waals surface area (Å²) in [5.74, 6) is -0.292. The van der Waals surface area contributed by atoms with Gasteiger partial charge in [0.15, 0.2) is 0 Å². The molecule has 2 aromatic rings. The van der Waals surface area contributed by atoms with Crippen LogP contribution in [0.4, 0.5) is 11.4 Å². The number of aryl methyl sites for hydroxylation is 2. The molecule has 3 N–H and O–H groups in total. The third-order valence-electron chi connectivity index (χ3n) is 2.93. The number of hydrogen-bond acceptors (Lipinski definition) is 3. The molecule has 1 aromatic heterocycles. The molecule has 0 bridgehead atoms. The topological polar surface area (TPSA) is 82.1 Å². The van der Waals surface area contributed by atoms with Gasteiger partial charge in [0.05, 0.1) is 15.7 Å². The zero-order chi connectivity index (χ0) is 15.6. The summed E-state index contributed by atoms with van der Waals surface area (Å²) in [5.41, 5.74) is 6.15. The number of carbonyl (C=O) groups excluding carboxylic acids is 1. The Balaban J connectivity index is 2.03. The number of carbonyl (C=O) groups is 1. The number of nitrogens with one attached hydrogen (secondary N) is 1. The minimum absolute atomic E-state index is 0.126. The first-order valence-electron chi connectivity index (χ1n) is 6.14. The fourth-order valence-corrected chi connectivity index (χ4v) is 2.42. The van der Waals surface area contributed by atoms with Crippen molar-refractivity contribution in [1.82, 2.24) is 9.13 Å². The third-order valence-corrected chi connectivity index (χ3v) is 3.52. The molecule has 1 amide bonds. The molecule has 0 spiro atoms. The first-order chi connectivity index (χ1) is 9.88. The van der Waals surface area contributed by atoms with Crippen LogP contribution < -0.4 is 16.7 Å². The van der Waals surface area contributed by atoms with Crippen LogP contribution in [0.1, 0.15) is 6.42 Å². The van der Waals surface area contributed by atoms with E-state index in [0.717, 1.165) is 0 Å². The van der Waals surface area contributed by atoms with E-state index < -0.39 is 0 Å². The molecular formula is C13H14Cl2N4O2. The minimum Gasteiger partial charge on any atom is -0.399 e. The Kier molecular flexibility index (Phi) is 4.59. The van der Waals surface area contributed by atoms with Gasteiger partial charge in [0.1, 0.15) is 0 Å². The molecule has 0 fully saturated rings. The van der Waals surface area contributed by atoms with Crippen LogP contribution in [0.3, 0.4) is 0 Å². The van der Waals surface area contributed by atoms with E-state index >= 15 is 0 Å². The molecule has 6 nitrogen and oxygen atoms in total. The maximum atomic E-state index is 11.9. The molecule has 8 heteroatoms. The Bertz CT molecular complexity index is 713. The number of halogens is 2. The Morgan fingerprint density at radius 2 is 1.90 bits per heavy atom. The van der Waals surface area contributed by atoms with E-state index in [2.05, 4.69) is 5.32 Å². The standard InChI is InChI=1S/C13H14Cl2N4O2/c1-18-4-5-19(13(18)21)3-2-11(20)17-12-9(14)6-8(16)7-10(12)15/h4-7H,2-3,16H2,1H3,(H,17,20). The van der Waals surface area contributed by atoms with E-state index in [0.29, 0.717) is 11.4 Å². The average Bonchev–Trinajstić information content (AvgIpc) is 2.72. The Labute approximate surface area is 131 Å². The number of nitrogens with two attached hydrogens (primary N) is 1. The first kappa shape index (κ1) is 15.5. The number of nitrogen functional groups attached to an aromatic ring is 1. The number of hydrogen-bond donors (Lipinski definition) is 2. The van der Waals surface area contributed by atoms with E-state index in [1.54, 1.807) is 19.4 Å². The lowest BCUT2D eigenvalue weighted by Crippen LogP contribution is -2.24. The number of anilines is 2. The van der Waals surface area contributed by atoms with Gasteiger partial charge in [-0.15, -0.1) is 0 Å². The second-order valence-corrected chi connectivity index (χ2v) is 5.36. The molecular weight excluding hydrogens is 315 g/mol. The smallest absolute Gasteiger partial charge is 0.327 e. The van der Waals surface area contributed by atoms with E-state index in [1.165, 1.54) is 21.3 Å². The summed E-state index contributed by atoms with van der Waals surface area (Å²) in [5, 5.41) is 3.16. The maximum Gasteiger partial charge on any atom is 0.327 e. The fourth-order valence-electron chi connectivity index (χ4n) is 1.82. The van der Waals surface area contributed by atoms with Crippen LogP contribution in [0.2, 0.25) is 10.0 Å². The number of rotatable bonds is 4. The van der Waals surface area contributed by atoms with E-state index in [9.17, 15) is 9.59 Å². The molecule has 0 aliphatic rings. The van der Waals surface area contributed by atoms with Crippen molar-refractivity contribution in [2.24, 2.45) is 7.05 Å². The summed E-state index contributed by atoms with van der Waals surface area (Å²) < 4.78 is 2.89. The van der Waals surface area contributed by atoms with Gasteiger partial charge in [-0.1, -0.05) is 23.2 Å². The Morgan fingerprint density at radius 3 is 2.43 bits per heavy atom. The monoisotopic (exact) mass is 328 g/mol. The number of aromatic nitrogens is 2. The van der Waals surface area contributed by atoms with Gasteiger partial charge in [0, 0.05) is 38.1 Å². The second-order valence-electron chi connectivity index (χ2n) is 4.54. The summed E-state index contributed by atoms with van der Waals surface area (Å²) in [6, 6.07) is 3.01. The first-order valence-corrected chi connectivity index (χ1v) is 6.90. The average molecular weight is 329 g/mol. The molecule has 21 heavy (non-hydrogen) atoms. The van der Waals surface area contributed by atoms with Gasteiger partial charge in [-0.25, -0.2) is 4.79 Å². The predicted molar refractivity (Wildman–Crippen MR) is 83.8 cm³/mol. The molecule has 1 heterocycles. The van der Waals surface area contributed by atoms with Crippen molar-refractivity contribution < 1.29 is 4.79 Å². The molecule has 0 aliphatic carbocycles. The van der Waals surface area contributed by atoms with Crippen molar-refractivity contribution in [3.05, 3.63) is 45.1 Å². The number of imidazole rings is 1. The van der Waals surface area contributed by atoms with Crippen LogP contribution in [0, 0.1) is 0 Å². The van der Waals surface area contributed by atoms with Gasteiger partial charge in [-0.3, -0.25) is 9.36 Å². The second kappa shape index (κ2) is 6.24. The van der Waals surface area contributed by atoms with Gasteiger partial charge in [-0.05, 0) is 12.1 Å². The van der Waals surface area contributed by atoms with Crippen molar-refractivity contribution in [3.8, 4) is 0 Å². The van der Waals surface area contributed by atoms with Gasteiger partial charge >= 0.3 is 5.69 Å². The fraction of sp³-hybridized carbons (Fsp3) is 0.231. The van der Waals surface area contributed by atoms with E-state index in [4.69, 9.17) is 28.9 Å². The molecule has 2 rings (SSSR count). The number of benzene rings is 1. The van der Waals surface area contributed by atoms with Gasteiger partial charge in [0.25, 0.3) is 0 Å². The molecule has 112 valence electrons. The number of amides is 1. The molecule has 0 atom stereocenters. The molecule has 1 aromatic carbocycles. The highest BCUT2D eigenvalue weighted by Gasteiger charge is 2.11. The highest BCUT2D eigenvalue weighted by Crippen LogP contribution is 2.32. The molecule has 0 saturated carbocycles. The van der Waals surface area contributed by atoms with E-state index in [1.807, 2.05) is 0 Å². The van der Waals surface area contributed by atoms with Crippen LogP contribution in [0.25, 0.3) is 0 Å². The summed E-state index contributed by atoms with van der Waals surface area (Å²) >= 11 is 12.0. The van der Waals surface area contributed by atoms with Crippen molar-refractivity contribution in [1.29, 1.82) is 0 Å². The molecule has 0 radical (unpaired) electrons. The van der Waals surface area contributed by atoms with Crippen molar-refractivity contribution in [2.45, 2.75) is 13.0 Å². The largest absolute Gasteiger partial charge is 0.399 e. The molecule has 0 saturated heterocycles. The summed E-state index contributed by atoms with van der Waals surface area (Å²) in [7, 11) is 1.65. The van der Waals surface area contributed by atoms with Crippen molar-refractivity contribution >= 4 is 40.5 Å². The maximum absolute atomic E-state index is 11.9. The highest BCUT2D eigenvalue weighted by molar-refractivity contribution is 6.40. The summed E-state index contributed by atoms with van der Waals surface area (Å²) in [6.07, 6.45) is 3.38. The minimum atomic E-state index is -0.292. The summed E-state index contributed by atoms with van der Waals surface area (Å²) in [4.78, 5) is 23.5. The van der Waals surface area contributed by atoms with Crippen LogP contribution >= 0.6 is 23.2 Å². The quantitative estimate of drug-likeness (QED) is 0.843. The lowest BCUT2D eigenvalue weighted by Gasteiger charge is -2.10. The van der Waals surface area contributed by atoms with Crippen LogP contribution in [0.15, 0.2) is 29.3 Å². The van der Waals surface area contributed by atoms with Crippen LogP contribution in [0.5, 0.6) is 0 Å². The normalized spacial score (nSPS) is 10.6. The summed E-state index contributed by atoms with van der Waals surface area (Å²) in [6.45, 7) is 0.274. The Morgan fingerprint density at radius 1 is 1.29 bits per heavy atom. The molecule has 0 aliphatic heterocycles. The highest BCUT2D eigenvalue weighted by atomic mass is 35.5. The third kappa shape index (κ3) is 3.59. The van der Waals surface area contributed by atoms with Crippen molar-refractivity contribution in [3.63, 3.8) is 0 Å². The predicted octanol–water partition coefficient (Wildman–Crippen LogP) is 2.10. The van der Waals surface area contributed by atoms with Crippen LogP contribution in [-0.2, 0) is 18.4 Å². The Hall–Kier alpha value is -1.92. The van der Waals surface area contributed by atoms with Crippen LogP contribution in [-0.4, -0.2) is 15.0 Å². The number of nitrogens with zero attached hydrogens (tertiary/aromatic N) is 2. The van der Waals surface area contributed by atoms with E-state index in [-0.39, 0.29) is 34.6 Å². The van der Waals surface area contributed by atoms with Crippen molar-refractivity contribution in [2.75, 3.05) is 11.1 Å². The lowest BCUT2D eigenvalue weighted by molar-refractivity contribution is -0.116. The van der Waals surface area contributed by atoms with Gasteiger partial charge in [-0.2, -0.15) is 0 Å². The SMILES string of the molecule is Cn1ccn(CCC(=O)Nc2c(Cl)cc(N)cc2Cl)c1=O. The zero-order valence-corrected chi connectivity index (χ0v) is 12.8.